The van der Waals surface area contributed by atoms with E-state index >= 15 is 0 Å². The van der Waals surface area contributed by atoms with Gasteiger partial charge in [0.1, 0.15) is 0 Å². The van der Waals surface area contributed by atoms with Crippen LogP contribution in [0.15, 0.2) is 18.2 Å². The van der Waals surface area contributed by atoms with Crippen molar-refractivity contribution in [3.8, 4) is 0 Å². The molecule has 0 aliphatic rings. The van der Waals surface area contributed by atoms with Crippen molar-refractivity contribution >= 4 is 35.0 Å². The summed E-state index contributed by atoms with van der Waals surface area (Å²) < 4.78 is 0. The van der Waals surface area contributed by atoms with Crippen LogP contribution in [0, 0.1) is 6.92 Å². The molecule has 1 aromatic rings. The van der Waals surface area contributed by atoms with E-state index in [9.17, 15) is 4.79 Å². The maximum Gasteiger partial charge on any atom is 0.234 e. The van der Waals surface area contributed by atoms with Crippen LogP contribution in [-0.2, 0) is 4.79 Å². The minimum absolute atomic E-state index is 0.0166. The van der Waals surface area contributed by atoms with E-state index < -0.39 is 0 Å². The third-order valence-corrected chi connectivity index (χ3v) is 2.52. The van der Waals surface area contributed by atoms with E-state index in [-0.39, 0.29) is 5.91 Å². The molecular weight excluding hydrogens is 218 g/mol. The Hall–Kier alpha value is -0.670. The number of aryl methyl sites for hydroxylation is 1. The predicted molar refractivity (Wildman–Crippen MR) is 63.2 cm³/mol. The van der Waals surface area contributed by atoms with E-state index in [1.54, 1.807) is 6.07 Å². The Kier molecular flexibility index (Phi) is 4.29. The van der Waals surface area contributed by atoms with Crippen molar-refractivity contribution in [3.63, 3.8) is 0 Å². The second kappa shape index (κ2) is 5.27. The molecule has 0 radical (unpaired) electrons. The highest BCUT2D eigenvalue weighted by molar-refractivity contribution is 7.99. The number of anilines is 1. The molecule has 1 N–H and O–H groups in total. The van der Waals surface area contributed by atoms with Gasteiger partial charge in [-0.05, 0) is 36.9 Å². The molecule has 0 fully saturated rings. The van der Waals surface area contributed by atoms with Gasteiger partial charge in [-0.3, -0.25) is 4.79 Å². The van der Waals surface area contributed by atoms with Gasteiger partial charge in [0.2, 0.25) is 5.91 Å². The van der Waals surface area contributed by atoms with Gasteiger partial charge in [0, 0.05) is 10.7 Å². The first kappa shape index (κ1) is 11.4. The third-order valence-electron chi connectivity index (χ3n) is 1.74. The fraction of sp³-hybridized carbons (Fsp3) is 0.300. The lowest BCUT2D eigenvalue weighted by atomic mass is 10.2. The zero-order chi connectivity index (χ0) is 10.6. The van der Waals surface area contributed by atoms with Crippen LogP contribution in [0.1, 0.15) is 5.56 Å². The Bertz CT molecular complexity index is 341. The lowest BCUT2D eigenvalue weighted by Gasteiger charge is -2.07. The van der Waals surface area contributed by atoms with Gasteiger partial charge in [-0.1, -0.05) is 11.6 Å². The van der Waals surface area contributed by atoms with E-state index in [4.69, 9.17) is 11.6 Å². The molecular formula is C10H12ClNOS. The maximum atomic E-state index is 11.3. The molecule has 1 aromatic carbocycles. The monoisotopic (exact) mass is 229 g/mol. The molecule has 0 aliphatic heterocycles. The van der Waals surface area contributed by atoms with Gasteiger partial charge >= 0.3 is 0 Å². The van der Waals surface area contributed by atoms with Gasteiger partial charge in [0.25, 0.3) is 0 Å². The van der Waals surface area contributed by atoms with E-state index in [1.807, 2.05) is 25.3 Å². The van der Waals surface area contributed by atoms with Gasteiger partial charge in [0.15, 0.2) is 0 Å². The summed E-state index contributed by atoms with van der Waals surface area (Å²) in [4.78, 5) is 11.3. The topological polar surface area (TPSA) is 29.1 Å². The maximum absolute atomic E-state index is 11.3. The number of benzene rings is 1. The number of nitrogens with one attached hydrogen (secondary N) is 1. The van der Waals surface area contributed by atoms with Crippen LogP contribution in [-0.4, -0.2) is 17.9 Å². The summed E-state index contributed by atoms with van der Waals surface area (Å²) in [6.45, 7) is 1.92. The summed E-state index contributed by atoms with van der Waals surface area (Å²) in [6.07, 6.45) is 1.90. The molecule has 14 heavy (non-hydrogen) atoms. The van der Waals surface area contributed by atoms with Gasteiger partial charge in [0.05, 0.1) is 5.75 Å². The van der Waals surface area contributed by atoms with Crippen molar-refractivity contribution in [1.29, 1.82) is 0 Å². The number of amides is 1. The van der Waals surface area contributed by atoms with Crippen LogP contribution in [0.3, 0.4) is 0 Å². The molecule has 0 saturated carbocycles. The van der Waals surface area contributed by atoms with Gasteiger partial charge < -0.3 is 5.32 Å². The average molecular weight is 230 g/mol. The van der Waals surface area contributed by atoms with Crippen molar-refractivity contribution in [3.05, 3.63) is 28.8 Å². The molecule has 1 rings (SSSR count). The van der Waals surface area contributed by atoms with Crippen molar-refractivity contribution in [2.24, 2.45) is 0 Å². The summed E-state index contributed by atoms with van der Waals surface area (Å²) >= 11 is 7.30. The molecule has 0 heterocycles. The summed E-state index contributed by atoms with van der Waals surface area (Å²) in [6, 6.07) is 5.41. The van der Waals surface area contributed by atoms with E-state index in [0.717, 1.165) is 11.3 Å². The molecule has 0 bridgehead atoms. The number of hydrogen-bond acceptors (Lipinski definition) is 2. The molecule has 0 aliphatic carbocycles. The minimum Gasteiger partial charge on any atom is -0.325 e. The standard InChI is InChI=1S/C10H12ClNOS/c1-7-5-8(11)3-4-9(7)12-10(13)6-14-2/h3-5H,6H2,1-2H3,(H,12,13). The van der Waals surface area contributed by atoms with E-state index in [1.165, 1.54) is 11.8 Å². The number of hydrogen-bond donors (Lipinski definition) is 1. The average Bonchev–Trinajstić information content (AvgIpc) is 2.10. The van der Waals surface area contributed by atoms with E-state index in [0.29, 0.717) is 10.8 Å². The van der Waals surface area contributed by atoms with E-state index in [2.05, 4.69) is 5.32 Å². The van der Waals surface area contributed by atoms with Gasteiger partial charge in [-0.25, -0.2) is 0 Å². The normalized spacial score (nSPS) is 9.93. The van der Waals surface area contributed by atoms with Crippen LogP contribution in [0.5, 0.6) is 0 Å². The van der Waals surface area contributed by atoms with Gasteiger partial charge in [-0.15, -0.1) is 0 Å². The molecule has 0 saturated heterocycles. The molecule has 4 heteroatoms. The first-order valence-corrected chi connectivity index (χ1v) is 5.95. The smallest absolute Gasteiger partial charge is 0.234 e. The largest absolute Gasteiger partial charge is 0.325 e. The summed E-state index contributed by atoms with van der Waals surface area (Å²) in [5.41, 5.74) is 1.81. The number of rotatable bonds is 3. The summed E-state index contributed by atoms with van der Waals surface area (Å²) in [5, 5.41) is 3.51. The van der Waals surface area contributed by atoms with Crippen molar-refractivity contribution < 1.29 is 4.79 Å². The Morgan fingerprint density at radius 3 is 2.86 bits per heavy atom. The fourth-order valence-corrected chi connectivity index (χ4v) is 1.65. The highest BCUT2D eigenvalue weighted by Crippen LogP contribution is 2.19. The first-order chi connectivity index (χ1) is 6.63. The lowest BCUT2D eigenvalue weighted by Crippen LogP contribution is -2.14. The summed E-state index contributed by atoms with van der Waals surface area (Å²) in [5.74, 6) is 0.491. The fourth-order valence-electron chi connectivity index (χ4n) is 1.08. The molecule has 76 valence electrons. The zero-order valence-electron chi connectivity index (χ0n) is 8.13. The van der Waals surface area contributed by atoms with Gasteiger partial charge in [-0.2, -0.15) is 11.8 Å². The SMILES string of the molecule is CSCC(=O)Nc1ccc(Cl)cc1C. The molecule has 0 aromatic heterocycles. The van der Waals surface area contributed by atoms with Crippen molar-refractivity contribution in [2.75, 3.05) is 17.3 Å². The van der Waals surface area contributed by atoms with Crippen molar-refractivity contribution in [2.45, 2.75) is 6.92 Å². The lowest BCUT2D eigenvalue weighted by molar-refractivity contribution is -0.113. The van der Waals surface area contributed by atoms with Crippen LogP contribution < -0.4 is 5.32 Å². The van der Waals surface area contributed by atoms with Crippen LogP contribution in [0.4, 0.5) is 5.69 Å². The molecule has 0 atom stereocenters. The third kappa shape index (κ3) is 3.24. The number of halogens is 1. The zero-order valence-corrected chi connectivity index (χ0v) is 9.71. The Labute approximate surface area is 93.0 Å². The van der Waals surface area contributed by atoms with Crippen LogP contribution >= 0.6 is 23.4 Å². The second-order valence-corrected chi connectivity index (χ2v) is 4.24. The first-order valence-electron chi connectivity index (χ1n) is 4.18. The summed E-state index contributed by atoms with van der Waals surface area (Å²) in [7, 11) is 0. The molecule has 1 amide bonds. The second-order valence-electron chi connectivity index (χ2n) is 2.94. The van der Waals surface area contributed by atoms with Crippen molar-refractivity contribution in [1.82, 2.24) is 0 Å². The number of thioether (sulfide) groups is 1. The molecule has 0 unspecified atom stereocenters. The molecule has 2 nitrogen and oxygen atoms in total. The Morgan fingerprint density at radius 2 is 2.29 bits per heavy atom. The van der Waals surface area contributed by atoms with Crippen LogP contribution in [0.25, 0.3) is 0 Å². The highest BCUT2D eigenvalue weighted by atomic mass is 35.5. The quantitative estimate of drug-likeness (QED) is 0.864. The minimum atomic E-state index is 0.0166. The Morgan fingerprint density at radius 1 is 1.57 bits per heavy atom. The number of carbonyl (C=O) groups is 1. The predicted octanol–water partition coefficient (Wildman–Crippen LogP) is 2.95. The Balaban J connectivity index is 2.72. The highest BCUT2D eigenvalue weighted by Gasteiger charge is 2.03. The van der Waals surface area contributed by atoms with Crippen LogP contribution in [0.2, 0.25) is 5.02 Å². The molecule has 0 spiro atoms. The number of carbonyl (C=O) groups excluding carboxylic acids is 1.